The SMILES string of the molecule is O=C(O)O.[La]. The zero-order chi connectivity index (χ0) is 3.58. The third-order valence-corrected chi connectivity index (χ3v) is 0. The van der Waals surface area contributed by atoms with Crippen molar-refractivity contribution in [2.24, 2.45) is 0 Å². The number of carbonyl (C=O) groups is 1. The van der Waals surface area contributed by atoms with Gasteiger partial charge in [0.1, 0.15) is 0 Å². The monoisotopic (exact) mass is 201 g/mol. The van der Waals surface area contributed by atoms with E-state index in [0.717, 1.165) is 0 Å². The van der Waals surface area contributed by atoms with Gasteiger partial charge in [-0.2, -0.15) is 0 Å². The van der Waals surface area contributed by atoms with Gasteiger partial charge in [0.05, 0.1) is 0 Å². The molecular formula is CH2LaO3. The number of carboxylic acid groups (broad SMARTS) is 2. The molecular weight excluding hydrogens is 199 g/mol. The molecule has 0 aliphatic carbocycles. The van der Waals surface area contributed by atoms with Crippen molar-refractivity contribution in [2.45, 2.75) is 0 Å². The van der Waals surface area contributed by atoms with E-state index >= 15 is 0 Å². The van der Waals surface area contributed by atoms with Crippen molar-refractivity contribution in [1.82, 2.24) is 0 Å². The summed E-state index contributed by atoms with van der Waals surface area (Å²) >= 11 is 0. The molecule has 0 saturated carbocycles. The second kappa shape index (κ2) is 4.46. The normalized spacial score (nSPS) is 4.80. The van der Waals surface area contributed by atoms with Gasteiger partial charge >= 0.3 is 6.16 Å². The summed E-state index contributed by atoms with van der Waals surface area (Å²) in [6, 6.07) is 0. The minimum absolute atomic E-state index is 0. The first-order valence-electron chi connectivity index (χ1n) is 0.651. The molecule has 3 nitrogen and oxygen atoms in total. The molecule has 0 aromatic heterocycles. The van der Waals surface area contributed by atoms with E-state index in [0.29, 0.717) is 0 Å². The van der Waals surface area contributed by atoms with Crippen LogP contribution in [0.15, 0.2) is 0 Å². The molecule has 0 aromatic rings. The van der Waals surface area contributed by atoms with Crippen LogP contribution in [0.2, 0.25) is 0 Å². The van der Waals surface area contributed by atoms with Crippen molar-refractivity contribution in [2.75, 3.05) is 0 Å². The zero-order valence-electron chi connectivity index (χ0n) is 2.38. The minimum Gasteiger partial charge on any atom is -0.450 e. The molecule has 0 heterocycles. The molecule has 0 atom stereocenters. The second-order valence-corrected chi connectivity index (χ2v) is 0.283. The van der Waals surface area contributed by atoms with Crippen molar-refractivity contribution in [3.8, 4) is 0 Å². The molecule has 27 valence electrons. The Labute approximate surface area is 56.6 Å². The van der Waals surface area contributed by atoms with E-state index in [-0.39, 0.29) is 35.6 Å². The minimum atomic E-state index is -1.83. The summed E-state index contributed by atoms with van der Waals surface area (Å²) in [6.07, 6.45) is -1.83. The average Bonchev–Trinajstić information content (AvgIpc) is 0.811. The van der Waals surface area contributed by atoms with Crippen LogP contribution in [-0.4, -0.2) is 16.4 Å². The summed E-state index contributed by atoms with van der Waals surface area (Å²) in [5, 5.41) is 13.9. The molecule has 5 heavy (non-hydrogen) atoms. The van der Waals surface area contributed by atoms with Crippen molar-refractivity contribution < 1.29 is 50.6 Å². The van der Waals surface area contributed by atoms with Crippen molar-refractivity contribution in [3.63, 3.8) is 0 Å². The van der Waals surface area contributed by atoms with E-state index < -0.39 is 6.16 Å². The fraction of sp³-hybridized carbons (Fsp3) is 0. The van der Waals surface area contributed by atoms with Crippen LogP contribution in [0.4, 0.5) is 4.79 Å². The van der Waals surface area contributed by atoms with Gasteiger partial charge in [0, 0.05) is 35.6 Å². The maximum atomic E-state index is 8.56. The Hall–Kier alpha value is 0.465. The average molecular weight is 201 g/mol. The van der Waals surface area contributed by atoms with E-state index in [1.165, 1.54) is 0 Å². The molecule has 0 rings (SSSR count). The summed E-state index contributed by atoms with van der Waals surface area (Å²) < 4.78 is 0. The largest absolute Gasteiger partial charge is 0.503 e. The van der Waals surface area contributed by atoms with Gasteiger partial charge in [-0.3, -0.25) is 0 Å². The molecule has 0 amide bonds. The van der Waals surface area contributed by atoms with Gasteiger partial charge in [-0.15, -0.1) is 0 Å². The van der Waals surface area contributed by atoms with Gasteiger partial charge in [-0.25, -0.2) is 4.79 Å². The Bertz CT molecular complexity index is 29.9. The summed E-state index contributed by atoms with van der Waals surface area (Å²) in [6.45, 7) is 0. The topological polar surface area (TPSA) is 57.5 Å². The third-order valence-electron chi connectivity index (χ3n) is 0. The van der Waals surface area contributed by atoms with E-state index in [1.807, 2.05) is 0 Å². The van der Waals surface area contributed by atoms with E-state index in [1.54, 1.807) is 0 Å². The number of hydrogen-bond donors (Lipinski definition) is 2. The van der Waals surface area contributed by atoms with Crippen molar-refractivity contribution in [3.05, 3.63) is 0 Å². The first-order valence-corrected chi connectivity index (χ1v) is 0.651. The summed E-state index contributed by atoms with van der Waals surface area (Å²) in [5.41, 5.74) is 0. The van der Waals surface area contributed by atoms with E-state index in [2.05, 4.69) is 0 Å². The number of rotatable bonds is 0. The molecule has 0 spiro atoms. The first-order chi connectivity index (χ1) is 1.73. The summed E-state index contributed by atoms with van der Waals surface area (Å²) in [5.74, 6) is 0. The quantitative estimate of drug-likeness (QED) is 0.589. The van der Waals surface area contributed by atoms with Gasteiger partial charge < -0.3 is 10.2 Å². The van der Waals surface area contributed by atoms with Crippen LogP contribution >= 0.6 is 0 Å². The first kappa shape index (κ1) is 9.07. The zero-order valence-corrected chi connectivity index (χ0v) is 6.01. The molecule has 2 N–H and O–H groups in total. The van der Waals surface area contributed by atoms with Gasteiger partial charge in [-0.05, 0) is 0 Å². The molecule has 0 aliphatic rings. The Balaban J connectivity index is 0. The molecule has 0 unspecified atom stereocenters. The third kappa shape index (κ3) is 126. The van der Waals surface area contributed by atoms with Crippen molar-refractivity contribution in [1.29, 1.82) is 0 Å². The van der Waals surface area contributed by atoms with Crippen LogP contribution in [0.3, 0.4) is 0 Å². The Kier molecular flexibility index (Phi) is 8.10. The van der Waals surface area contributed by atoms with E-state index in [4.69, 9.17) is 15.0 Å². The van der Waals surface area contributed by atoms with Crippen LogP contribution in [0.5, 0.6) is 0 Å². The van der Waals surface area contributed by atoms with Gasteiger partial charge in [0.15, 0.2) is 0 Å². The van der Waals surface area contributed by atoms with Gasteiger partial charge in [-0.1, -0.05) is 0 Å². The summed E-state index contributed by atoms with van der Waals surface area (Å²) in [7, 11) is 0. The fourth-order valence-electron chi connectivity index (χ4n) is 0. The Morgan fingerprint density at radius 1 is 1.40 bits per heavy atom. The maximum Gasteiger partial charge on any atom is 0.503 e. The molecule has 0 aliphatic heterocycles. The van der Waals surface area contributed by atoms with Crippen LogP contribution < -0.4 is 0 Å². The van der Waals surface area contributed by atoms with Gasteiger partial charge in [0.2, 0.25) is 0 Å². The predicted octanol–water partition coefficient (Wildman–Crippen LogP) is 0.222. The smallest absolute Gasteiger partial charge is 0.450 e. The summed E-state index contributed by atoms with van der Waals surface area (Å²) in [4.78, 5) is 8.56. The second-order valence-electron chi connectivity index (χ2n) is 0.283. The Morgan fingerprint density at radius 2 is 1.40 bits per heavy atom. The van der Waals surface area contributed by atoms with Crippen LogP contribution in [0.25, 0.3) is 0 Å². The van der Waals surface area contributed by atoms with Crippen molar-refractivity contribution >= 4 is 6.16 Å². The fourth-order valence-corrected chi connectivity index (χ4v) is 0. The van der Waals surface area contributed by atoms with Gasteiger partial charge in [0.25, 0.3) is 0 Å². The van der Waals surface area contributed by atoms with Crippen LogP contribution in [0, 0.1) is 35.6 Å². The molecule has 0 fully saturated rings. The molecule has 0 bridgehead atoms. The molecule has 0 aromatic carbocycles. The molecule has 1 radical (unpaired) electrons. The molecule has 0 saturated heterocycles. The maximum absolute atomic E-state index is 8.56. The standard InChI is InChI=1S/CH2O3.La/c2-1(3)4;/h(H2,2,3,4);. The van der Waals surface area contributed by atoms with Crippen LogP contribution in [-0.2, 0) is 0 Å². The Morgan fingerprint density at radius 3 is 1.40 bits per heavy atom. The number of hydrogen-bond acceptors (Lipinski definition) is 1. The predicted molar refractivity (Wildman–Crippen MR) is 10.7 cm³/mol. The van der Waals surface area contributed by atoms with E-state index in [9.17, 15) is 0 Å². The van der Waals surface area contributed by atoms with Crippen LogP contribution in [0.1, 0.15) is 0 Å². The molecule has 4 heteroatoms.